The number of nitrogens with one attached hydrogen (secondary N) is 1. The molecule has 1 amide bonds. The molecule has 1 fully saturated rings. The second-order valence-electron chi connectivity index (χ2n) is 3.76. The molecule has 1 saturated carbocycles. The first-order chi connectivity index (χ1) is 6.68. The molecule has 72 valence electrons. The third-order valence-electron chi connectivity index (χ3n) is 2.89. The third kappa shape index (κ3) is 1.01. The second kappa shape index (κ2) is 2.65. The van der Waals surface area contributed by atoms with Crippen molar-refractivity contribution in [2.45, 2.75) is 12.3 Å². The number of rotatable bonds is 0. The van der Waals surface area contributed by atoms with Gasteiger partial charge in [0.15, 0.2) is 0 Å². The zero-order valence-electron chi connectivity index (χ0n) is 7.18. The number of hydrogen-bond acceptors (Lipinski definition) is 1. The monoisotopic (exact) mass is 227 g/mol. The maximum absolute atomic E-state index is 11.4. The minimum atomic E-state index is 0.0756. The van der Waals surface area contributed by atoms with Crippen molar-refractivity contribution in [2.24, 2.45) is 5.92 Å². The van der Waals surface area contributed by atoms with E-state index in [0.717, 1.165) is 12.0 Å². The van der Waals surface area contributed by atoms with Crippen molar-refractivity contribution in [3.63, 3.8) is 0 Å². The van der Waals surface area contributed by atoms with Crippen LogP contribution in [0.3, 0.4) is 0 Å². The number of hydrogen-bond donors (Lipinski definition) is 1. The minimum absolute atomic E-state index is 0.0756. The lowest BCUT2D eigenvalue weighted by atomic mass is 10.0. The van der Waals surface area contributed by atoms with E-state index < -0.39 is 0 Å². The Morgan fingerprint density at radius 3 is 2.71 bits per heavy atom. The Morgan fingerprint density at radius 2 is 1.93 bits per heavy atom. The van der Waals surface area contributed by atoms with Gasteiger partial charge >= 0.3 is 0 Å². The highest BCUT2D eigenvalue weighted by Gasteiger charge is 2.49. The van der Waals surface area contributed by atoms with E-state index in [0.29, 0.717) is 21.7 Å². The molecular formula is C10H7Cl2NO. The van der Waals surface area contributed by atoms with Crippen LogP contribution in [-0.2, 0) is 4.79 Å². The number of fused-ring (bicyclic) bond motifs is 3. The first-order valence-electron chi connectivity index (χ1n) is 4.47. The number of halogens is 2. The van der Waals surface area contributed by atoms with Gasteiger partial charge in [-0.3, -0.25) is 4.79 Å². The van der Waals surface area contributed by atoms with Crippen LogP contribution in [0.2, 0.25) is 10.0 Å². The lowest BCUT2D eigenvalue weighted by Gasteiger charge is -2.18. The van der Waals surface area contributed by atoms with E-state index in [1.54, 1.807) is 12.1 Å². The Bertz CT molecular complexity index is 444. The summed E-state index contributed by atoms with van der Waals surface area (Å²) in [4.78, 5) is 11.4. The predicted molar refractivity (Wildman–Crippen MR) is 55.9 cm³/mol. The smallest absolute Gasteiger partial charge is 0.228 e. The molecule has 0 bridgehead atoms. The maximum atomic E-state index is 11.4. The fourth-order valence-corrected chi connectivity index (χ4v) is 2.59. The fraction of sp³-hybridized carbons (Fsp3) is 0.300. The van der Waals surface area contributed by atoms with Gasteiger partial charge in [-0.1, -0.05) is 23.2 Å². The molecule has 1 N–H and O–H groups in total. The Hall–Kier alpha value is -0.730. The molecule has 2 unspecified atom stereocenters. The van der Waals surface area contributed by atoms with Crippen molar-refractivity contribution in [2.75, 3.05) is 5.32 Å². The van der Waals surface area contributed by atoms with Crippen LogP contribution in [0.1, 0.15) is 17.9 Å². The Labute approximate surface area is 91.2 Å². The Morgan fingerprint density at radius 1 is 1.21 bits per heavy atom. The summed E-state index contributed by atoms with van der Waals surface area (Å²) >= 11 is 12.1. The molecule has 2 atom stereocenters. The van der Waals surface area contributed by atoms with Crippen LogP contribution < -0.4 is 5.32 Å². The Kier molecular flexibility index (Phi) is 1.62. The molecule has 1 aliphatic carbocycles. The van der Waals surface area contributed by atoms with Crippen LogP contribution in [0.4, 0.5) is 5.69 Å². The molecule has 1 aliphatic heterocycles. The Balaban J connectivity index is 2.24. The SMILES string of the molecule is O=C1Nc2c(Cl)ccc(Cl)c2C2CC12. The lowest BCUT2D eigenvalue weighted by Crippen LogP contribution is -2.20. The number of benzene rings is 1. The van der Waals surface area contributed by atoms with E-state index in [9.17, 15) is 4.79 Å². The second-order valence-corrected chi connectivity index (χ2v) is 4.57. The molecular weight excluding hydrogens is 221 g/mol. The molecule has 4 heteroatoms. The van der Waals surface area contributed by atoms with Crippen molar-refractivity contribution in [1.82, 2.24) is 0 Å². The summed E-state index contributed by atoms with van der Waals surface area (Å²) < 4.78 is 0. The van der Waals surface area contributed by atoms with Crippen LogP contribution in [0.25, 0.3) is 0 Å². The number of carbonyl (C=O) groups excluding carboxylic acids is 1. The average Bonchev–Trinajstić information content (AvgIpc) is 2.91. The molecule has 2 aliphatic rings. The van der Waals surface area contributed by atoms with Gasteiger partial charge < -0.3 is 5.32 Å². The highest BCUT2D eigenvalue weighted by atomic mass is 35.5. The first kappa shape index (κ1) is 8.57. The minimum Gasteiger partial charge on any atom is -0.324 e. The fourth-order valence-electron chi connectivity index (χ4n) is 2.08. The van der Waals surface area contributed by atoms with E-state index in [-0.39, 0.29) is 11.8 Å². The maximum Gasteiger partial charge on any atom is 0.228 e. The van der Waals surface area contributed by atoms with E-state index in [4.69, 9.17) is 23.2 Å². The van der Waals surface area contributed by atoms with E-state index in [1.807, 2.05) is 0 Å². The summed E-state index contributed by atoms with van der Waals surface area (Å²) in [6, 6.07) is 3.50. The van der Waals surface area contributed by atoms with E-state index >= 15 is 0 Å². The average molecular weight is 228 g/mol. The predicted octanol–water partition coefficient (Wildman–Crippen LogP) is 3.05. The molecule has 3 rings (SSSR count). The van der Waals surface area contributed by atoms with Gasteiger partial charge in [0.1, 0.15) is 0 Å². The summed E-state index contributed by atoms with van der Waals surface area (Å²) in [7, 11) is 0. The third-order valence-corrected chi connectivity index (χ3v) is 3.53. The lowest BCUT2D eigenvalue weighted by molar-refractivity contribution is -0.117. The normalized spacial score (nSPS) is 27.7. The summed E-state index contributed by atoms with van der Waals surface area (Å²) in [6.07, 6.45) is 0.902. The standard InChI is InChI=1S/C10H7Cl2NO/c11-6-1-2-7(12)9-8(6)4-3-5(4)10(14)13-9/h1-2,4-5H,3H2,(H,13,14). The summed E-state index contributed by atoms with van der Waals surface area (Å²) in [5, 5.41) is 4.08. The summed E-state index contributed by atoms with van der Waals surface area (Å²) in [5.74, 6) is 0.495. The van der Waals surface area contributed by atoms with Crippen LogP contribution in [0.5, 0.6) is 0 Å². The highest BCUT2D eigenvalue weighted by Crippen LogP contribution is 2.56. The van der Waals surface area contributed by atoms with Crippen LogP contribution >= 0.6 is 23.2 Å². The van der Waals surface area contributed by atoms with Crippen molar-refractivity contribution < 1.29 is 4.79 Å². The molecule has 0 radical (unpaired) electrons. The molecule has 0 saturated heterocycles. The topological polar surface area (TPSA) is 29.1 Å². The zero-order valence-corrected chi connectivity index (χ0v) is 8.69. The zero-order chi connectivity index (χ0) is 9.87. The molecule has 1 heterocycles. The van der Waals surface area contributed by atoms with Crippen molar-refractivity contribution in [3.8, 4) is 0 Å². The van der Waals surface area contributed by atoms with Crippen LogP contribution in [0.15, 0.2) is 12.1 Å². The van der Waals surface area contributed by atoms with Gasteiger partial charge in [-0.25, -0.2) is 0 Å². The molecule has 0 spiro atoms. The largest absolute Gasteiger partial charge is 0.324 e. The van der Waals surface area contributed by atoms with Gasteiger partial charge in [0.2, 0.25) is 5.91 Å². The van der Waals surface area contributed by atoms with Crippen molar-refractivity contribution in [1.29, 1.82) is 0 Å². The highest BCUT2D eigenvalue weighted by molar-refractivity contribution is 6.37. The van der Waals surface area contributed by atoms with Gasteiger partial charge in [-0.15, -0.1) is 0 Å². The summed E-state index contributed by atoms with van der Waals surface area (Å²) in [5.41, 5.74) is 1.73. The van der Waals surface area contributed by atoms with Gasteiger partial charge in [-0.2, -0.15) is 0 Å². The van der Waals surface area contributed by atoms with E-state index in [1.165, 1.54) is 0 Å². The molecule has 1 aromatic carbocycles. The van der Waals surface area contributed by atoms with Gasteiger partial charge in [0.25, 0.3) is 0 Å². The van der Waals surface area contributed by atoms with Crippen LogP contribution in [0, 0.1) is 5.92 Å². The first-order valence-corrected chi connectivity index (χ1v) is 5.23. The van der Waals surface area contributed by atoms with Crippen LogP contribution in [-0.4, -0.2) is 5.91 Å². The number of anilines is 1. The quantitative estimate of drug-likeness (QED) is 0.726. The molecule has 2 nitrogen and oxygen atoms in total. The number of amides is 1. The van der Waals surface area contributed by atoms with Gasteiger partial charge in [0, 0.05) is 10.9 Å². The van der Waals surface area contributed by atoms with Gasteiger partial charge in [-0.05, 0) is 30.0 Å². The summed E-state index contributed by atoms with van der Waals surface area (Å²) in [6.45, 7) is 0. The van der Waals surface area contributed by atoms with Crippen molar-refractivity contribution in [3.05, 3.63) is 27.7 Å². The molecule has 0 aromatic heterocycles. The van der Waals surface area contributed by atoms with Crippen molar-refractivity contribution >= 4 is 34.8 Å². The number of carbonyl (C=O) groups is 1. The van der Waals surface area contributed by atoms with E-state index in [2.05, 4.69) is 5.32 Å². The van der Waals surface area contributed by atoms with Gasteiger partial charge in [0.05, 0.1) is 10.7 Å². The molecule has 14 heavy (non-hydrogen) atoms. The molecule has 1 aromatic rings.